The summed E-state index contributed by atoms with van der Waals surface area (Å²) in [4.78, 5) is 21.5. The van der Waals surface area contributed by atoms with Gasteiger partial charge >= 0.3 is 5.97 Å². The highest BCUT2D eigenvalue weighted by molar-refractivity contribution is 5.94. The van der Waals surface area contributed by atoms with Gasteiger partial charge in [-0.25, -0.2) is 9.78 Å². The number of ether oxygens (including phenoxy) is 2. The minimum absolute atomic E-state index is 0.109. The first kappa shape index (κ1) is 23.1. The lowest BCUT2D eigenvalue weighted by Gasteiger charge is -2.12. The number of hydrogen-bond donors (Lipinski definition) is 2. The molecule has 0 aliphatic heterocycles. The van der Waals surface area contributed by atoms with Gasteiger partial charge in [0.25, 0.3) is 0 Å². The van der Waals surface area contributed by atoms with Crippen molar-refractivity contribution < 1.29 is 19.4 Å². The molecule has 0 aliphatic rings. The number of carbonyl (C=O) groups excluding carboxylic acids is 1. The van der Waals surface area contributed by atoms with E-state index >= 15 is 0 Å². The number of methoxy groups -OCH3 is 1. The lowest BCUT2D eigenvalue weighted by molar-refractivity contribution is 0.0526. The molecule has 4 aromatic rings. The van der Waals surface area contributed by atoms with Crippen LogP contribution in [0.2, 0.25) is 0 Å². The van der Waals surface area contributed by atoms with Gasteiger partial charge in [-0.2, -0.15) is 0 Å². The summed E-state index contributed by atoms with van der Waals surface area (Å²) in [5.41, 5.74) is 4.42. The standard InChI is InChI=1S/C26H28N4O4/c1-4-34-25(32)19-8-11-21-23(15-19)30(16-22-24(31)12-5-17(2)28-22)26(29-21)27-14-13-18-6-9-20(33-3)10-7-18/h5-12,15,31H,4,13-14,16H2,1-3H3,(H,27,29). The molecule has 2 heterocycles. The van der Waals surface area contributed by atoms with Crippen molar-refractivity contribution in [1.29, 1.82) is 0 Å². The fourth-order valence-corrected chi connectivity index (χ4v) is 3.74. The highest BCUT2D eigenvalue weighted by Gasteiger charge is 2.16. The Kier molecular flexibility index (Phi) is 6.96. The van der Waals surface area contributed by atoms with Crippen molar-refractivity contribution in [2.75, 3.05) is 25.6 Å². The average molecular weight is 461 g/mol. The summed E-state index contributed by atoms with van der Waals surface area (Å²) in [6.45, 7) is 4.89. The molecule has 34 heavy (non-hydrogen) atoms. The van der Waals surface area contributed by atoms with Crippen molar-refractivity contribution in [2.45, 2.75) is 26.8 Å². The number of anilines is 1. The number of aromatic hydroxyl groups is 1. The zero-order valence-electron chi connectivity index (χ0n) is 19.5. The Morgan fingerprint density at radius 3 is 2.62 bits per heavy atom. The van der Waals surface area contributed by atoms with Gasteiger partial charge in [0, 0.05) is 12.2 Å². The Bertz CT molecular complexity index is 1300. The van der Waals surface area contributed by atoms with E-state index in [1.54, 1.807) is 44.4 Å². The molecule has 176 valence electrons. The van der Waals surface area contributed by atoms with Crippen LogP contribution in [-0.2, 0) is 17.7 Å². The molecule has 8 nitrogen and oxygen atoms in total. The number of imidazole rings is 1. The number of nitrogens with zero attached hydrogens (tertiary/aromatic N) is 3. The number of pyridine rings is 1. The van der Waals surface area contributed by atoms with Gasteiger partial charge in [0.05, 0.1) is 36.9 Å². The lowest BCUT2D eigenvalue weighted by Crippen LogP contribution is -2.12. The quantitative estimate of drug-likeness (QED) is 0.359. The SMILES string of the molecule is CCOC(=O)c1ccc2nc(NCCc3ccc(OC)cc3)n(Cc3nc(C)ccc3O)c2c1. The van der Waals surface area contributed by atoms with Gasteiger partial charge in [-0.05, 0) is 68.3 Å². The fraction of sp³-hybridized carbons (Fsp3) is 0.269. The van der Waals surface area contributed by atoms with E-state index < -0.39 is 0 Å². The van der Waals surface area contributed by atoms with Crippen molar-refractivity contribution in [1.82, 2.24) is 14.5 Å². The molecule has 0 radical (unpaired) electrons. The summed E-state index contributed by atoms with van der Waals surface area (Å²) in [6.07, 6.45) is 0.787. The first-order valence-corrected chi connectivity index (χ1v) is 11.2. The molecule has 2 N–H and O–H groups in total. The normalized spacial score (nSPS) is 10.9. The van der Waals surface area contributed by atoms with Crippen LogP contribution >= 0.6 is 0 Å². The number of aryl methyl sites for hydroxylation is 1. The molecule has 2 aromatic carbocycles. The number of nitrogens with one attached hydrogen (secondary N) is 1. The maximum atomic E-state index is 12.3. The molecule has 0 unspecified atom stereocenters. The number of hydrogen-bond acceptors (Lipinski definition) is 7. The van der Waals surface area contributed by atoms with Gasteiger partial charge in [0.2, 0.25) is 5.95 Å². The molecule has 0 saturated heterocycles. The van der Waals surface area contributed by atoms with Crippen LogP contribution in [0.1, 0.15) is 34.2 Å². The highest BCUT2D eigenvalue weighted by Crippen LogP contribution is 2.25. The molecule has 2 aromatic heterocycles. The van der Waals surface area contributed by atoms with Crippen LogP contribution in [0.4, 0.5) is 5.95 Å². The van der Waals surface area contributed by atoms with Crippen LogP contribution in [0.25, 0.3) is 11.0 Å². The summed E-state index contributed by atoms with van der Waals surface area (Å²) >= 11 is 0. The van der Waals surface area contributed by atoms with Gasteiger partial charge in [-0.3, -0.25) is 4.98 Å². The number of carbonyl (C=O) groups is 1. The van der Waals surface area contributed by atoms with Crippen molar-refractivity contribution in [2.24, 2.45) is 0 Å². The van der Waals surface area contributed by atoms with Crippen molar-refractivity contribution in [3.63, 3.8) is 0 Å². The Morgan fingerprint density at radius 1 is 1.09 bits per heavy atom. The zero-order chi connectivity index (χ0) is 24.1. The number of esters is 1. The summed E-state index contributed by atoms with van der Waals surface area (Å²) in [5.74, 6) is 1.18. The molecule has 0 bridgehead atoms. The maximum Gasteiger partial charge on any atom is 0.338 e. The Hall–Kier alpha value is -4.07. The molecule has 0 aliphatic carbocycles. The number of rotatable bonds is 9. The predicted molar refractivity (Wildman–Crippen MR) is 131 cm³/mol. The smallest absolute Gasteiger partial charge is 0.338 e. The van der Waals surface area contributed by atoms with Crippen molar-refractivity contribution >= 4 is 23.0 Å². The zero-order valence-corrected chi connectivity index (χ0v) is 19.5. The molecule has 8 heteroatoms. The number of benzene rings is 2. The molecule has 0 spiro atoms. The fourth-order valence-electron chi connectivity index (χ4n) is 3.74. The van der Waals surface area contributed by atoms with E-state index in [2.05, 4.69) is 10.3 Å². The monoisotopic (exact) mass is 460 g/mol. The molecule has 0 fully saturated rings. The van der Waals surface area contributed by atoms with E-state index in [9.17, 15) is 9.90 Å². The third kappa shape index (κ3) is 5.11. The van der Waals surface area contributed by atoms with Gasteiger partial charge in [-0.1, -0.05) is 12.1 Å². The van der Waals surface area contributed by atoms with E-state index in [-0.39, 0.29) is 11.7 Å². The lowest BCUT2D eigenvalue weighted by atomic mass is 10.1. The topological polar surface area (TPSA) is 98.5 Å². The van der Waals surface area contributed by atoms with E-state index in [1.807, 2.05) is 35.8 Å². The van der Waals surface area contributed by atoms with Gasteiger partial charge in [0.15, 0.2) is 0 Å². The first-order valence-electron chi connectivity index (χ1n) is 11.2. The second kappa shape index (κ2) is 10.2. The van der Waals surface area contributed by atoms with Crippen LogP contribution in [0.15, 0.2) is 54.6 Å². The minimum atomic E-state index is -0.386. The van der Waals surface area contributed by atoms with E-state index in [1.165, 1.54) is 5.56 Å². The highest BCUT2D eigenvalue weighted by atomic mass is 16.5. The minimum Gasteiger partial charge on any atom is -0.506 e. The molecule has 0 saturated carbocycles. The Balaban J connectivity index is 1.65. The van der Waals surface area contributed by atoms with Crippen molar-refractivity contribution in [3.05, 3.63) is 77.1 Å². The predicted octanol–water partition coefficient (Wildman–Crippen LogP) is 4.33. The summed E-state index contributed by atoms with van der Waals surface area (Å²) in [7, 11) is 1.65. The largest absolute Gasteiger partial charge is 0.506 e. The van der Waals surface area contributed by atoms with E-state index in [0.717, 1.165) is 28.9 Å². The molecular weight excluding hydrogens is 432 g/mol. The Morgan fingerprint density at radius 2 is 1.88 bits per heavy atom. The van der Waals surface area contributed by atoms with Crippen LogP contribution in [-0.4, -0.2) is 45.9 Å². The third-order valence-corrected chi connectivity index (χ3v) is 5.51. The Labute approximate surface area is 198 Å². The van der Waals surface area contributed by atoms with Crippen LogP contribution in [0, 0.1) is 6.92 Å². The molecule has 4 rings (SSSR count). The van der Waals surface area contributed by atoms with Gasteiger partial charge in [0.1, 0.15) is 17.2 Å². The molecule has 0 amide bonds. The second-order valence-corrected chi connectivity index (χ2v) is 7.89. The number of aromatic nitrogens is 3. The number of fused-ring (bicyclic) bond motifs is 1. The van der Waals surface area contributed by atoms with E-state index in [4.69, 9.17) is 14.5 Å². The molecule has 0 atom stereocenters. The van der Waals surface area contributed by atoms with Crippen molar-refractivity contribution in [3.8, 4) is 11.5 Å². The van der Waals surface area contributed by atoms with E-state index in [0.29, 0.717) is 36.9 Å². The summed E-state index contributed by atoms with van der Waals surface area (Å²) in [5, 5.41) is 13.8. The van der Waals surface area contributed by atoms with Gasteiger partial charge < -0.3 is 24.5 Å². The van der Waals surface area contributed by atoms with Gasteiger partial charge in [-0.15, -0.1) is 0 Å². The third-order valence-electron chi connectivity index (χ3n) is 5.51. The van der Waals surface area contributed by atoms with Crippen LogP contribution in [0.5, 0.6) is 11.5 Å². The summed E-state index contributed by atoms with van der Waals surface area (Å²) in [6, 6.07) is 16.6. The average Bonchev–Trinajstić information content (AvgIpc) is 3.18. The van der Waals surface area contributed by atoms with Crippen LogP contribution in [0.3, 0.4) is 0 Å². The maximum absolute atomic E-state index is 12.3. The summed E-state index contributed by atoms with van der Waals surface area (Å²) < 4.78 is 12.3. The van der Waals surface area contributed by atoms with Crippen LogP contribution < -0.4 is 10.1 Å². The first-order chi connectivity index (χ1) is 16.5. The second-order valence-electron chi connectivity index (χ2n) is 7.89. The molecular formula is C26H28N4O4.